The van der Waals surface area contributed by atoms with Crippen molar-refractivity contribution in [3.05, 3.63) is 24.0 Å². The van der Waals surface area contributed by atoms with Crippen molar-refractivity contribution in [1.29, 1.82) is 0 Å². The predicted octanol–water partition coefficient (Wildman–Crippen LogP) is 3.83. The number of benzene rings is 1. The van der Waals surface area contributed by atoms with Crippen LogP contribution in [0.2, 0.25) is 0 Å². The molecule has 102 valence electrons. The van der Waals surface area contributed by atoms with Crippen LogP contribution in [-0.2, 0) is 12.4 Å². The highest BCUT2D eigenvalue weighted by Gasteiger charge is 2.29. The molecule has 0 spiro atoms. The van der Waals surface area contributed by atoms with E-state index >= 15 is 0 Å². The molecular formula is C15H19ClN2O. The first-order chi connectivity index (χ1) is 9.24. The molecule has 0 radical (unpaired) electrons. The number of nitrogens with zero attached hydrogens (tertiary/aromatic N) is 2. The Labute approximate surface area is 118 Å². The molecule has 0 saturated heterocycles. The quantitative estimate of drug-likeness (QED) is 0.777. The number of para-hydroxylation sites is 1. The van der Waals surface area contributed by atoms with Crippen LogP contribution in [0, 0.1) is 11.8 Å². The molecule has 1 aromatic carbocycles. The molecule has 1 heterocycles. The fourth-order valence-electron chi connectivity index (χ4n) is 2.74. The van der Waals surface area contributed by atoms with Gasteiger partial charge in [-0.3, -0.25) is 0 Å². The lowest BCUT2D eigenvalue weighted by molar-refractivity contribution is 0.419. The molecule has 0 aliphatic heterocycles. The Morgan fingerprint density at radius 2 is 2.26 bits per heavy atom. The molecule has 1 saturated carbocycles. The molecule has 1 atom stereocenters. The molecule has 4 heteroatoms. The first kappa shape index (κ1) is 12.8. The van der Waals surface area contributed by atoms with Crippen molar-refractivity contribution < 1.29 is 4.74 Å². The molecule has 1 fully saturated rings. The van der Waals surface area contributed by atoms with E-state index in [-0.39, 0.29) is 0 Å². The first-order valence-electron chi connectivity index (χ1n) is 6.82. The minimum absolute atomic E-state index is 0.440. The second-order valence-corrected chi connectivity index (χ2v) is 5.68. The monoisotopic (exact) mass is 278 g/mol. The van der Waals surface area contributed by atoms with Crippen molar-refractivity contribution in [2.75, 3.05) is 7.11 Å². The minimum Gasteiger partial charge on any atom is -0.494 e. The Bertz CT molecular complexity index is 589. The number of methoxy groups -OCH3 is 1. The Morgan fingerprint density at radius 3 is 2.89 bits per heavy atom. The Balaban J connectivity index is 2.05. The van der Waals surface area contributed by atoms with E-state index in [1.54, 1.807) is 7.11 Å². The number of ether oxygens (including phenoxy) is 1. The van der Waals surface area contributed by atoms with Gasteiger partial charge in [0.05, 0.1) is 18.5 Å². The Hall–Kier alpha value is -1.22. The third-order valence-corrected chi connectivity index (χ3v) is 4.30. The topological polar surface area (TPSA) is 27.1 Å². The van der Waals surface area contributed by atoms with Gasteiger partial charge >= 0.3 is 0 Å². The Kier molecular flexibility index (Phi) is 3.40. The SMILES string of the molecule is COc1cccc2c1nc(CCl)n2CC(C)C1CC1. The van der Waals surface area contributed by atoms with Crippen molar-refractivity contribution in [1.82, 2.24) is 9.55 Å². The number of hydrogen-bond donors (Lipinski definition) is 0. The highest BCUT2D eigenvalue weighted by Crippen LogP contribution is 2.38. The third-order valence-electron chi connectivity index (χ3n) is 4.06. The largest absolute Gasteiger partial charge is 0.494 e. The van der Waals surface area contributed by atoms with Gasteiger partial charge in [-0.05, 0) is 36.8 Å². The zero-order valence-corrected chi connectivity index (χ0v) is 12.2. The lowest BCUT2D eigenvalue weighted by atomic mass is 10.1. The van der Waals surface area contributed by atoms with E-state index in [2.05, 4.69) is 22.5 Å². The number of aromatic nitrogens is 2. The van der Waals surface area contributed by atoms with Crippen molar-refractivity contribution in [3.63, 3.8) is 0 Å². The predicted molar refractivity (Wildman–Crippen MR) is 77.7 cm³/mol. The zero-order chi connectivity index (χ0) is 13.4. The van der Waals surface area contributed by atoms with Gasteiger partial charge in [0, 0.05) is 6.54 Å². The van der Waals surface area contributed by atoms with Crippen LogP contribution in [0.15, 0.2) is 18.2 Å². The van der Waals surface area contributed by atoms with E-state index in [1.807, 2.05) is 12.1 Å². The molecule has 1 aromatic heterocycles. The average Bonchev–Trinajstić information content (AvgIpc) is 3.22. The summed E-state index contributed by atoms with van der Waals surface area (Å²) in [6.45, 7) is 3.32. The number of fused-ring (bicyclic) bond motifs is 1. The van der Waals surface area contributed by atoms with Gasteiger partial charge < -0.3 is 9.30 Å². The van der Waals surface area contributed by atoms with Crippen LogP contribution in [-0.4, -0.2) is 16.7 Å². The van der Waals surface area contributed by atoms with Gasteiger partial charge in [0.15, 0.2) is 0 Å². The molecule has 2 aromatic rings. The van der Waals surface area contributed by atoms with Crippen LogP contribution in [0.4, 0.5) is 0 Å². The van der Waals surface area contributed by atoms with E-state index < -0.39 is 0 Å². The standard InChI is InChI=1S/C15H19ClN2O/c1-10(11-6-7-11)9-18-12-4-3-5-13(19-2)15(12)17-14(18)8-16/h3-5,10-11H,6-9H2,1-2H3. The molecule has 0 bridgehead atoms. The van der Waals surface area contributed by atoms with Crippen molar-refractivity contribution >= 4 is 22.6 Å². The summed E-state index contributed by atoms with van der Waals surface area (Å²) < 4.78 is 7.64. The maximum absolute atomic E-state index is 6.05. The third kappa shape index (κ3) is 2.32. The molecule has 0 N–H and O–H groups in total. The van der Waals surface area contributed by atoms with Crippen LogP contribution >= 0.6 is 11.6 Å². The van der Waals surface area contributed by atoms with Crippen molar-refractivity contribution in [2.45, 2.75) is 32.2 Å². The molecule has 3 nitrogen and oxygen atoms in total. The molecule has 19 heavy (non-hydrogen) atoms. The van der Waals surface area contributed by atoms with Crippen LogP contribution < -0.4 is 4.74 Å². The minimum atomic E-state index is 0.440. The lowest BCUT2D eigenvalue weighted by Crippen LogP contribution is -2.11. The van der Waals surface area contributed by atoms with E-state index in [9.17, 15) is 0 Å². The Morgan fingerprint density at radius 1 is 1.47 bits per heavy atom. The van der Waals surface area contributed by atoms with Crippen molar-refractivity contribution in [3.8, 4) is 5.75 Å². The number of alkyl halides is 1. The average molecular weight is 279 g/mol. The van der Waals surface area contributed by atoms with Crippen LogP contribution in [0.1, 0.15) is 25.6 Å². The number of halogens is 1. The highest BCUT2D eigenvalue weighted by molar-refractivity contribution is 6.16. The van der Waals surface area contributed by atoms with E-state index in [0.29, 0.717) is 11.8 Å². The summed E-state index contributed by atoms with van der Waals surface area (Å²) in [6, 6.07) is 6.06. The maximum atomic E-state index is 6.05. The second-order valence-electron chi connectivity index (χ2n) is 5.41. The normalized spacial score (nSPS) is 16.8. The second kappa shape index (κ2) is 5.04. The summed E-state index contributed by atoms with van der Waals surface area (Å²) in [5, 5.41) is 0. The highest BCUT2D eigenvalue weighted by atomic mass is 35.5. The number of imidazole rings is 1. The molecule has 0 amide bonds. The van der Waals surface area contributed by atoms with Gasteiger partial charge in [0.1, 0.15) is 17.1 Å². The summed E-state index contributed by atoms with van der Waals surface area (Å²) in [7, 11) is 1.68. The lowest BCUT2D eigenvalue weighted by Gasteiger charge is -2.14. The van der Waals surface area contributed by atoms with Gasteiger partial charge in [-0.15, -0.1) is 11.6 Å². The van der Waals surface area contributed by atoms with Crippen LogP contribution in [0.3, 0.4) is 0 Å². The van der Waals surface area contributed by atoms with Gasteiger partial charge in [0.2, 0.25) is 0 Å². The van der Waals surface area contributed by atoms with Gasteiger partial charge in [-0.25, -0.2) is 4.98 Å². The zero-order valence-electron chi connectivity index (χ0n) is 11.4. The first-order valence-corrected chi connectivity index (χ1v) is 7.36. The smallest absolute Gasteiger partial charge is 0.146 e. The summed E-state index contributed by atoms with van der Waals surface area (Å²) in [6.07, 6.45) is 2.74. The van der Waals surface area contributed by atoms with Crippen LogP contribution in [0.25, 0.3) is 11.0 Å². The number of rotatable bonds is 5. The van der Waals surface area contributed by atoms with Gasteiger partial charge in [-0.2, -0.15) is 0 Å². The summed E-state index contributed by atoms with van der Waals surface area (Å²) >= 11 is 6.05. The van der Waals surface area contributed by atoms with Gasteiger partial charge in [0.25, 0.3) is 0 Å². The fourth-order valence-corrected chi connectivity index (χ4v) is 2.95. The molecule has 1 aliphatic rings. The maximum Gasteiger partial charge on any atom is 0.146 e. The van der Waals surface area contributed by atoms with E-state index in [4.69, 9.17) is 16.3 Å². The van der Waals surface area contributed by atoms with Crippen LogP contribution in [0.5, 0.6) is 5.75 Å². The molecule has 1 unspecified atom stereocenters. The molecular weight excluding hydrogens is 260 g/mol. The number of hydrogen-bond acceptors (Lipinski definition) is 2. The van der Waals surface area contributed by atoms with Gasteiger partial charge in [-0.1, -0.05) is 13.0 Å². The molecule has 1 aliphatic carbocycles. The summed E-state index contributed by atoms with van der Waals surface area (Å²) in [5.41, 5.74) is 2.05. The van der Waals surface area contributed by atoms with E-state index in [1.165, 1.54) is 12.8 Å². The van der Waals surface area contributed by atoms with Crippen molar-refractivity contribution in [2.24, 2.45) is 11.8 Å². The fraction of sp³-hybridized carbons (Fsp3) is 0.533. The summed E-state index contributed by atoms with van der Waals surface area (Å²) in [5.74, 6) is 3.77. The molecule has 3 rings (SSSR count). The van der Waals surface area contributed by atoms with E-state index in [0.717, 1.165) is 35.1 Å². The summed E-state index contributed by atoms with van der Waals surface area (Å²) in [4.78, 5) is 4.64.